The van der Waals surface area contributed by atoms with Gasteiger partial charge in [0.25, 0.3) is 0 Å². The average molecular weight is 235 g/mol. The highest BCUT2D eigenvalue weighted by Crippen LogP contribution is 2.24. The quantitative estimate of drug-likeness (QED) is 0.608. The first-order valence-corrected chi connectivity index (χ1v) is 5.42. The first-order chi connectivity index (χ1) is 8.22. The van der Waals surface area contributed by atoms with Crippen molar-refractivity contribution in [2.75, 3.05) is 25.6 Å². The van der Waals surface area contributed by atoms with E-state index in [2.05, 4.69) is 16.6 Å². The molecule has 0 bridgehead atoms. The summed E-state index contributed by atoms with van der Waals surface area (Å²) < 4.78 is 10.1. The zero-order valence-electron chi connectivity index (χ0n) is 10.2. The first kappa shape index (κ1) is 13.1. The number of carbonyl (C=O) groups is 1. The van der Waals surface area contributed by atoms with Crippen molar-refractivity contribution in [1.82, 2.24) is 0 Å². The van der Waals surface area contributed by atoms with Crippen molar-refractivity contribution in [3.8, 4) is 5.75 Å². The van der Waals surface area contributed by atoms with Crippen molar-refractivity contribution < 1.29 is 14.3 Å². The fraction of sp³-hybridized carbons (Fsp3) is 0.308. The van der Waals surface area contributed by atoms with Crippen LogP contribution in [0.15, 0.2) is 30.9 Å². The van der Waals surface area contributed by atoms with E-state index >= 15 is 0 Å². The van der Waals surface area contributed by atoms with Crippen molar-refractivity contribution in [2.24, 2.45) is 0 Å². The molecule has 0 aromatic heterocycles. The van der Waals surface area contributed by atoms with E-state index in [1.54, 1.807) is 24.3 Å². The minimum absolute atomic E-state index is 0.399. The third-order valence-corrected chi connectivity index (χ3v) is 2.14. The van der Waals surface area contributed by atoms with Gasteiger partial charge in [-0.2, -0.15) is 0 Å². The van der Waals surface area contributed by atoms with Gasteiger partial charge < -0.3 is 14.8 Å². The van der Waals surface area contributed by atoms with E-state index in [0.29, 0.717) is 24.5 Å². The van der Waals surface area contributed by atoms with Gasteiger partial charge in [-0.1, -0.05) is 6.08 Å². The van der Waals surface area contributed by atoms with Gasteiger partial charge in [-0.25, -0.2) is 4.79 Å². The maximum Gasteiger partial charge on any atom is 0.341 e. The average Bonchev–Trinajstić information content (AvgIpc) is 2.36. The number of rotatable bonds is 6. The number of hydrogen-bond donors (Lipinski definition) is 1. The van der Waals surface area contributed by atoms with Crippen LogP contribution in [0.25, 0.3) is 0 Å². The van der Waals surface area contributed by atoms with Gasteiger partial charge in [0, 0.05) is 18.3 Å². The Labute approximate surface area is 101 Å². The Kier molecular flexibility index (Phi) is 5.07. The molecule has 0 heterocycles. The molecule has 17 heavy (non-hydrogen) atoms. The molecule has 1 aromatic rings. The van der Waals surface area contributed by atoms with Gasteiger partial charge in [0.05, 0.1) is 13.7 Å². The lowest BCUT2D eigenvalue weighted by molar-refractivity contribution is 0.0596. The number of hydrogen-bond acceptors (Lipinski definition) is 4. The van der Waals surface area contributed by atoms with Crippen molar-refractivity contribution in [2.45, 2.75) is 6.92 Å². The highest BCUT2D eigenvalue weighted by molar-refractivity contribution is 5.93. The molecule has 1 aromatic carbocycles. The fourth-order valence-electron chi connectivity index (χ4n) is 1.38. The van der Waals surface area contributed by atoms with E-state index in [9.17, 15) is 4.79 Å². The Hall–Kier alpha value is -1.97. The van der Waals surface area contributed by atoms with Gasteiger partial charge in [-0.3, -0.25) is 0 Å². The van der Waals surface area contributed by atoms with Crippen LogP contribution < -0.4 is 10.1 Å². The van der Waals surface area contributed by atoms with Gasteiger partial charge in [-0.05, 0) is 19.1 Å². The maximum absolute atomic E-state index is 11.5. The highest BCUT2D eigenvalue weighted by atomic mass is 16.5. The molecular formula is C13H17NO3. The van der Waals surface area contributed by atoms with Gasteiger partial charge >= 0.3 is 5.97 Å². The van der Waals surface area contributed by atoms with Gasteiger partial charge in [-0.15, -0.1) is 6.58 Å². The third kappa shape index (κ3) is 3.52. The van der Waals surface area contributed by atoms with Gasteiger partial charge in [0.15, 0.2) is 0 Å². The summed E-state index contributed by atoms with van der Waals surface area (Å²) in [6.07, 6.45) is 1.76. The van der Waals surface area contributed by atoms with E-state index in [4.69, 9.17) is 4.74 Å². The lowest BCUT2D eigenvalue weighted by Crippen LogP contribution is -2.07. The van der Waals surface area contributed by atoms with E-state index in [0.717, 1.165) is 5.69 Å². The van der Waals surface area contributed by atoms with Crippen LogP contribution in [0.5, 0.6) is 5.75 Å². The van der Waals surface area contributed by atoms with Gasteiger partial charge in [0.1, 0.15) is 11.3 Å². The van der Waals surface area contributed by atoms with Crippen LogP contribution in [-0.4, -0.2) is 26.2 Å². The third-order valence-electron chi connectivity index (χ3n) is 2.14. The van der Waals surface area contributed by atoms with Crippen LogP contribution in [0.4, 0.5) is 5.69 Å². The number of carbonyl (C=O) groups excluding carboxylic acids is 1. The maximum atomic E-state index is 11.5. The van der Waals surface area contributed by atoms with Crippen molar-refractivity contribution in [1.29, 1.82) is 0 Å². The number of benzene rings is 1. The predicted octanol–water partition coefficient (Wildman–Crippen LogP) is 2.47. The minimum Gasteiger partial charge on any atom is -0.493 e. The van der Waals surface area contributed by atoms with Crippen molar-refractivity contribution in [3.05, 3.63) is 36.4 Å². The molecular weight excluding hydrogens is 218 g/mol. The molecule has 92 valence electrons. The molecule has 0 amide bonds. The summed E-state index contributed by atoms with van der Waals surface area (Å²) in [6.45, 7) is 6.64. The molecule has 0 aliphatic heterocycles. The Morgan fingerprint density at radius 2 is 2.29 bits per heavy atom. The SMILES string of the molecule is C=CCNc1ccc(C(=O)OC)c(OCC)c1. The second kappa shape index (κ2) is 6.58. The molecule has 0 saturated carbocycles. The summed E-state index contributed by atoms with van der Waals surface area (Å²) in [4.78, 5) is 11.5. The second-order valence-corrected chi connectivity index (χ2v) is 3.31. The van der Waals surface area contributed by atoms with Crippen molar-refractivity contribution in [3.63, 3.8) is 0 Å². The molecule has 4 nitrogen and oxygen atoms in total. The number of ether oxygens (including phenoxy) is 2. The zero-order valence-corrected chi connectivity index (χ0v) is 10.2. The van der Waals surface area contributed by atoms with E-state index in [1.165, 1.54) is 7.11 Å². The zero-order chi connectivity index (χ0) is 12.7. The molecule has 0 radical (unpaired) electrons. The summed E-state index contributed by atoms with van der Waals surface area (Å²) in [5, 5.41) is 3.13. The number of esters is 1. The molecule has 0 fully saturated rings. The number of nitrogens with one attached hydrogen (secondary N) is 1. The van der Waals surface area contributed by atoms with Crippen LogP contribution in [0, 0.1) is 0 Å². The van der Waals surface area contributed by atoms with Crippen LogP contribution >= 0.6 is 0 Å². The van der Waals surface area contributed by atoms with Crippen LogP contribution in [0.3, 0.4) is 0 Å². The smallest absolute Gasteiger partial charge is 0.341 e. The molecule has 1 rings (SSSR count). The molecule has 0 aliphatic carbocycles. The van der Waals surface area contributed by atoms with Crippen LogP contribution in [-0.2, 0) is 4.74 Å². The predicted molar refractivity (Wildman–Crippen MR) is 67.6 cm³/mol. The monoisotopic (exact) mass is 235 g/mol. The summed E-state index contributed by atoms with van der Waals surface area (Å²) in [5.41, 5.74) is 1.31. The largest absolute Gasteiger partial charge is 0.493 e. The summed E-state index contributed by atoms with van der Waals surface area (Å²) in [6, 6.07) is 5.26. The lowest BCUT2D eigenvalue weighted by atomic mass is 10.2. The van der Waals surface area contributed by atoms with Crippen LogP contribution in [0.2, 0.25) is 0 Å². The highest BCUT2D eigenvalue weighted by Gasteiger charge is 2.13. The molecule has 1 N–H and O–H groups in total. The molecule has 0 saturated heterocycles. The standard InChI is InChI=1S/C13H17NO3/c1-4-8-14-10-6-7-11(13(15)16-3)12(9-10)17-5-2/h4,6-7,9,14H,1,5,8H2,2-3H3. The summed E-state index contributed by atoms with van der Waals surface area (Å²) >= 11 is 0. The van der Waals surface area contributed by atoms with Crippen LogP contribution in [0.1, 0.15) is 17.3 Å². The summed E-state index contributed by atoms with van der Waals surface area (Å²) in [5.74, 6) is 0.122. The van der Waals surface area contributed by atoms with E-state index < -0.39 is 5.97 Å². The second-order valence-electron chi connectivity index (χ2n) is 3.31. The lowest BCUT2D eigenvalue weighted by Gasteiger charge is -2.11. The van der Waals surface area contributed by atoms with Gasteiger partial charge in [0.2, 0.25) is 0 Å². The summed E-state index contributed by atoms with van der Waals surface area (Å²) in [7, 11) is 1.35. The Morgan fingerprint density at radius 3 is 2.88 bits per heavy atom. The molecule has 0 aliphatic rings. The normalized spacial score (nSPS) is 9.53. The minimum atomic E-state index is -0.399. The van der Waals surface area contributed by atoms with E-state index in [-0.39, 0.29) is 0 Å². The Morgan fingerprint density at radius 1 is 1.53 bits per heavy atom. The molecule has 0 unspecified atom stereocenters. The fourth-order valence-corrected chi connectivity index (χ4v) is 1.38. The molecule has 0 atom stereocenters. The van der Waals surface area contributed by atoms with E-state index in [1.807, 2.05) is 6.92 Å². The Bertz CT molecular complexity index is 402. The Balaban J connectivity index is 2.98. The number of methoxy groups -OCH3 is 1. The first-order valence-electron chi connectivity index (χ1n) is 5.42. The topological polar surface area (TPSA) is 47.6 Å². The molecule has 4 heteroatoms. The molecule has 0 spiro atoms. The van der Waals surface area contributed by atoms with Crippen molar-refractivity contribution >= 4 is 11.7 Å². The number of anilines is 1.